The van der Waals surface area contributed by atoms with E-state index in [1.54, 1.807) is 0 Å². The highest BCUT2D eigenvalue weighted by Gasteiger charge is 0.932. The zero-order valence-electron chi connectivity index (χ0n) is 3.12. The summed E-state index contributed by atoms with van der Waals surface area (Å²) in [5.41, 5.74) is 0. The summed E-state index contributed by atoms with van der Waals surface area (Å²) in [6, 6.07) is 0. The topological polar surface area (TPSA) is 0 Å². The van der Waals surface area contributed by atoms with Gasteiger partial charge in [0.15, 0.2) is 0 Å². The molecule has 0 aromatic heterocycles. The standard InChI is InChI=1S/C2H6.CH2S/c2*1-2/h1-2H3;1H2. The Kier molecular flexibility index (Phi) is 3720. The summed E-state index contributed by atoms with van der Waals surface area (Å²) in [6.07, 6.45) is 0. The molecule has 0 aliphatic carbocycles. The van der Waals surface area contributed by atoms with Crippen LogP contribution in [0.3, 0.4) is 0 Å². The van der Waals surface area contributed by atoms with Crippen LogP contribution in [0.4, 0.5) is 0 Å². The van der Waals surface area contributed by atoms with E-state index in [0.29, 0.717) is 0 Å². The van der Waals surface area contributed by atoms with Crippen LogP contribution in [0, 0.1) is 0 Å². The van der Waals surface area contributed by atoms with E-state index in [4.69, 9.17) is 0 Å². The van der Waals surface area contributed by atoms with Crippen molar-refractivity contribution in [2.24, 2.45) is 0 Å². The maximum Gasteiger partial charge on any atom is -0.0351 e. The molecule has 0 heterocycles. The molecule has 0 saturated carbocycles. The lowest BCUT2D eigenvalue weighted by Crippen LogP contribution is -0.856. The molecule has 0 nitrogen and oxygen atoms in total. The van der Waals surface area contributed by atoms with Crippen molar-refractivity contribution in [2.45, 2.75) is 13.8 Å². The predicted octanol–water partition coefficient (Wildman–Crippen LogP) is 1.64. The Morgan fingerprint density at radius 2 is 1.25 bits per heavy atom. The van der Waals surface area contributed by atoms with Gasteiger partial charge in [0.1, 0.15) is 0 Å². The molecule has 0 N–H and O–H groups in total. The quantitative estimate of drug-likeness (QED) is 0.395. The summed E-state index contributed by atoms with van der Waals surface area (Å²) in [4.78, 5) is 0. The van der Waals surface area contributed by atoms with Gasteiger partial charge in [0.05, 0.1) is 0 Å². The second kappa shape index (κ2) is 1670. The lowest BCUT2D eigenvalue weighted by atomic mass is 11.0. The SMILES string of the molecule is C=S.CC. The Hall–Kier alpha value is 0.0900. The minimum Gasteiger partial charge on any atom is -0.0973 e. The lowest BCUT2D eigenvalue weighted by Gasteiger charge is -1.07. The average molecular weight is 76.2 g/mol. The fourth-order valence-corrected chi connectivity index (χ4v) is 0. The first-order chi connectivity index (χ1) is 2.00. The van der Waals surface area contributed by atoms with Crippen LogP contribution in [0.25, 0.3) is 0 Å². The molecule has 0 aromatic carbocycles. The van der Waals surface area contributed by atoms with E-state index in [1.807, 2.05) is 13.8 Å². The van der Waals surface area contributed by atoms with Gasteiger partial charge in [-0.1, -0.05) is 26.1 Å². The van der Waals surface area contributed by atoms with Crippen LogP contribution in [-0.4, -0.2) is 5.87 Å². The monoisotopic (exact) mass is 76.0 g/mol. The molecule has 0 saturated heterocycles. The molecule has 0 aromatic rings. The van der Waals surface area contributed by atoms with Gasteiger partial charge in [-0.3, -0.25) is 0 Å². The van der Waals surface area contributed by atoms with Crippen molar-refractivity contribution < 1.29 is 0 Å². The van der Waals surface area contributed by atoms with Gasteiger partial charge in [-0.25, -0.2) is 0 Å². The predicted molar refractivity (Wildman–Crippen MR) is 26.1 cm³/mol. The minimum absolute atomic E-state index is 2.00. The fraction of sp³-hybridized carbons (Fsp3) is 0.667. The van der Waals surface area contributed by atoms with E-state index in [0.717, 1.165) is 0 Å². The number of hydrogen-bond donors (Lipinski definition) is 0. The van der Waals surface area contributed by atoms with Crippen molar-refractivity contribution in [1.82, 2.24) is 0 Å². The first kappa shape index (κ1) is 8.94. The Bertz CT molecular complexity index is 3.25. The summed E-state index contributed by atoms with van der Waals surface area (Å²) in [5.74, 6) is 2.83. The van der Waals surface area contributed by atoms with Crippen molar-refractivity contribution in [1.29, 1.82) is 0 Å². The first-order valence-electron chi connectivity index (χ1n) is 1.29. The molecule has 0 unspecified atom stereocenters. The molecule has 0 fully saturated rings. The molecule has 0 bridgehead atoms. The van der Waals surface area contributed by atoms with Crippen molar-refractivity contribution in [3.63, 3.8) is 0 Å². The normalized spacial score (nSPS) is 2.50. The second-order valence-electron chi connectivity index (χ2n) is 0. The third-order valence-corrected chi connectivity index (χ3v) is 0. The Labute approximate surface area is 32.8 Å². The van der Waals surface area contributed by atoms with Gasteiger partial charge in [-0.2, -0.15) is 0 Å². The lowest BCUT2D eigenvalue weighted by molar-refractivity contribution is 1.50. The molecule has 0 aliphatic heterocycles. The van der Waals surface area contributed by atoms with Crippen molar-refractivity contribution in [3.8, 4) is 0 Å². The van der Waals surface area contributed by atoms with E-state index < -0.39 is 0 Å². The molecule has 0 rings (SSSR count). The van der Waals surface area contributed by atoms with E-state index in [1.165, 1.54) is 0 Å². The Balaban J connectivity index is 0. The van der Waals surface area contributed by atoms with Crippen LogP contribution in [-0.2, 0) is 0 Å². The van der Waals surface area contributed by atoms with E-state index in [9.17, 15) is 0 Å². The molecule has 0 radical (unpaired) electrons. The zero-order valence-corrected chi connectivity index (χ0v) is 3.93. The van der Waals surface area contributed by atoms with Gasteiger partial charge in [0.2, 0.25) is 0 Å². The largest absolute Gasteiger partial charge is 0.0973 e. The summed E-state index contributed by atoms with van der Waals surface area (Å²) < 4.78 is 0. The molecule has 0 spiro atoms. The summed E-state index contributed by atoms with van der Waals surface area (Å²) in [5, 5.41) is 0. The van der Waals surface area contributed by atoms with E-state index in [2.05, 4.69) is 18.1 Å². The van der Waals surface area contributed by atoms with Gasteiger partial charge in [-0.15, -0.1) is 0 Å². The van der Waals surface area contributed by atoms with Gasteiger partial charge in [0.25, 0.3) is 0 Å². The highest BCUT2D eigenvalue weighted by atomic mass is 32.1. The molecule has 4 heavy (non-hydrogen) atoms. The highest BCUT2D eigenvalue weighted by Crippen LogP contribution is 1.14. The Morgan fingerprint density at radius 3 is 1.25 bits per heavy atom. The molecular formula is C3H8S. The summed E-state index contributed by atoms with van der Waals surface area (Å²) >= 11 is 3.83. The first-order valence-corrected chi connectivity index (χ1v) is 1.87. The maximum atomic E-state index is 3.83. The van der Waals surface area contributed by atoms with Gasteiger partial charge >= 0.3 is 0 Å². The minimum atomic E-state index is 2.00. The summed E-state index contributed by atoms with van der Waals surface area (Å²) in [7, 11) is 0. The van der Waals surface area contributed by atoms with Gasteiger partial charge < -0.3 is 0 Å². The van der Waals surface area contributed by atoms with Crippen molar-refractivity contribution in [2.75, 3.05) is 0 Å². The van der Waals surface area contributed by atoms with Crippen LogP contribution in [0.15, 0.2) is 0 Å². The molecule has 0 atom stereocenters. The van der Waals surface area contributed by atoms with Gasteiger partial charge in [-0.05, 0) is 5.87 Å². The highest BCUT2D eigenvalue weighted by molar-refractivity contribution is 7.77. The van der Waals surface area contributed by atoms with Crippen LogP contribution in [0.1, 0.15) is 13.8 Å². The van der Waals surface area contributed by atoms with Crippen LogP contribution in [0.2, 0.25) is 0 Å². The molecular weight excluding hydrogens is 68.1 g/mol. The van der Waals surface area contributed by atoms with Crippen molar-refractivity contribution in [3.05, 3.63) is 0 Å². The zero-order chi connectivity index (χ0) is 4.00. The van der Waals surface area contributed by atoms with Crippen LogP contribution < -0.4 is 0 Å². The number of thiocarbonyl (C=S) groups is 1. The third kappa shape index (κ3) is 307. The number of hydrogen-bond acceptors (Lipinski definition) is 1. The molecule has 1 heteroatoms. The summed E-state index contributed by atoms with van der Waals surface area (Å²) in [6.45, 7) is 4.00. The molecule has 0 aliphatic rings. The second-order valence-corrected chi connectivity index (χ2v) is 0. The molecule has 0 amide bonds. The fourth-order valence-electron chi connectivity index (χ4n) is 0. The molecule has 26 valence electrons. The third-order valence-electron chi connectivity index (χ3n) is 0. The Morgan fingerprint density at radius 1 is 1.25 bits per heavy atom. The van der Waals surface area contributed by atoms with Crippen LogP contribution in [0.5, 0.6) is 0 Å². The maximum absolute atomic E-state index is 3.83. The van der Waals surface area contributed by atoms with Crippen molar-refractivity contribution >= 4 is 18.1 Å². The number of rotatable bonds is 0. The van der Waals surface area contributed by atoms with E-state index in [-0.39, 0.29) is 0 Å². The smallest absolute Gasteiger partial charge is 0.0351 e. The van der Waals surface area contributed by atoms with Gasteiger partial charge in [0, 0.05) is 0 Å². The van der Waals surface area contributed by atoms with E-state index >= 15 is 0 Å². The van der Waals surface area contributed by atoms with Crippen LogP contribution >= 0.6 is 12.2 Å². The average Bonchev–Trinajstić information content (AvgIpc) is 1.50.